The van der Waals surface area contributed by atoms with Gasteiger partial charge in [-0.15, -0.1) is 11.3 Å². The molecule has 1 aromatic heterocycles. The fraction of sp³-hybridized carbons (Fsp3) is 0.286. The lowest BCUT2D eigenvalue weighted by Gasteiger charge is -2.10. The van der Waals surface area contributed by atoms with Crippen molar-refractivity contribution >= 4 is 29.5 Å². The highest BCUT2D eigenvalue weighted by atomic mass is 32.1. The fourth-order valence-corrected chi connectivity index (χ4v) is 3.39. The Hall–Kier alpha value is -1.46. The molecule has 19 heavy (non-hydrogen) atoms. The Kier molecular flexibility index (Phi) is 4.50. The monoisotopic (exact) mass is 293 g/mol. The number of aryl methyl sites for hydroxylation is 1. The zero-order valence-corrected chi connectivity index (χ0v) is 12.5. The normalized spacial score (nSPS) is 10.4. The smallest absolute Gasteiger partial charge is 0.302 e. The van der Waals surface area contributed by atoms with Crippen molar-refractivity contribution in [3.05, 3.63) is 39.2 Å². The minimum absolute atomic E-state index is 0.264. The first-order valence-electron chi connectivity index (χ1n) is 5.98. The number of carbonyl (C=O) groups excluding carboxylic acids is 1. The van der Waals surface area contributed by atoms with Crippen molar-refractivity contribution in [3.63, 3.8) is 0 Å². The molecule has 1 heterocycles. The third kappa shape index (κ3) is 3.30. The topological polar surface area (TPSA) is 31.2 Å². The summed E-state index contributed by atoms with van der Waals surface area (Å²) in [5, 5.41) is 0. The quantitative estimate of drug-likeness (QED) is 0.634. The van der Waals surface area contributed by atoms with E-state index in [0.29, 0.717) is 13.2 Å². The van der Waals surface area contributed by atoms with E-state index in [-0.39, 0.29) is 5.97 Å². The van der Waals surface area contributed by atoms with E-state index in [0.717, 1.165) is 15.2 Å². The molecule has 0 unspecified atom stereocenters. The minimum atomic E-state index is -0.264. The second-order valence-corrected chi connectivity index (χ2v) is 5.98. The van der Waals surface area contributed by atoms with Crippen molar-refractivity contribution in [1.82, 2.24) is 4.57 Å². The molecule has 2 aromatic rings. The number of benzene rings is 1. The first kappa shape index (κ1) is 14.0. The van der Waals surface area contributed by atoms with Crippen molar-refractivity contribution in [2.75, 3.05) is 6.61 Å². The van der Waals surface area contributed by atoms with Gasteiger partial charge in [0.1, 0.15) is 6.61 Å². The second-order valence-electron chi connectivity index (χ2n) is 4.13. The van der Waals surface area contributed by atoms with Crippen molar-refractivity contribution in [2.45, 2.75) is 20.4 Å². The standard InChI is InChI=1S/C14H15NO2S2/c1-10-13(12-6-4-3-5-7-12)15(14(18)19-10)8-9-17-11(2)16/h3-7H,8-9H2,1-2H3. The predicted molar refractivity (Wildman–Crippen MR) is 79.9 cm³/mol. The van der Waals surface area contributed by atoms with Crippen LogP contribution in [0.15, 0.2) is 30.3 Å². The van der Waals surface area contributed by atoms with Gasteiger partial charge in [-0.2, -0.15) is 0 Å². The van der Waals surface area contributed by atoms with Gasteiger partial charge in [-0.1, -0.05) is 30.3 Å². The summed E-state index contributed by atoms with van der Waals surface area (Å²) in [6.07, 6.45) is 0. The highest BCUT2D eigenvalue weighted by Gasteiger charge is 2.11. The molecule has 0 saturated heterocycles. The molecular formula is C14H15NO2S2. The molecular weight excluding hydrogens is 278 g/mol. The van der Waals surface area contributed by atoms with Crippen LogP contribution in [0.1, 0.15) is 11.8 Å². The summed E-state index contributed by atoms with van der Waals surface area (Å²) in [6, 6.07) is 10.1. The summed E-state index contributed by atoms with van der Waals surface area (Å²) >= 11 is 6.97. The maximum absolute atomic E-state index is 10.8. The van der Waals surface area contributed by atoms with Gasteiger partial charge in [-0.05, 0) is 24.7 Å². The molecule has 0 aliphatic carbocycles. The van der Waals surface area contributed by atoms with E-state index in [1.807, 2.05) is 22.8 Å². The van der Waals surface area contributed by atoms with Gasteiger partial charge in [-0.25, -0.2) is 0 Å². The Morgan fingerprint density at radius 1 is 1.37 bits per heavy atom. The minimum Gasteiger partial charge on any atom is -0.464 e. The van der Waals surface area contributed by atoms with Gasteiger partial charge in [0.15, 0.2) is 3.95 Å². The number of hydrogen-bond donors (Lipinski definition) is 0. The first-order chi connectivity index (χ1) is 9.09. The van der Waals surface area contributed by atoms with Gasteiger partial charge in [0.05, 0.1) is 12.2 Å². The maximum Gasteiger partial charge on any atom is 0.302 e. The van der Waals surface area contributed by atoms with E-state index in [1.54, 1.807) is 11.3 Å². The van der Waals surface area contributed by atoms with E-state index >= 15 is 0 Å². The number of nitrogens with zero attached hydrogens (tertiary/aromatic N) is 1. The molecule has 1 aromatic carbocycles. The van der Waals surface area contributed by atoms with Gasteiger partial charge < -0.3 is 9.30 Å². The van der Waals surface area contributed by atoms with Crippen LogP contribution >= 0.6 is 23.6 Å². The van der Waals surface area contributed by atoms with Gasteiger partial charge in [0.2, 0.25) is 0 Å². The Labute approximate surface area is 121 Å². The van der Waals surface area contributed by atoms with Crippen LogP contribution in [-0.2, 0) is 16.1 Å². The van der Waals surface area contributed by atoms with Crippen LogP contribution in [0.3, 0.4) is 0 Å². The van der Waals surface area contributed by atoms with Crippen LogP contribution in [0, 0.1) is 10.9 Å². The Balaban J connectivity index is 2.33. The van der Waals surface area contributed by atoms with Crippen LogP contribution in [0.4, 0.5) is 0 Å². The highest BCUT2D eigenvalue weighted by Crippen LogP contribution is 2.28. The number of rotatable bonds is 4. The third-order valence-electron chi connectivity index (χ3n) is 2.73. The number of hydrogen-bond acceptors (Lipinski definition) is 4. The summed E-state index contributed by atoms with van der Waals surface area (Å²) in [7, 11) is 0. The van der Waals surface area contributed by atoms with Gasteiger partial charge >= 0.3 is 5.97 Å². The largest absolute Gasteiger partial charge is 0.464 e. The molecule has 2 rings (SSSR count). The molecule has 5 heteroatoms. The van der Waals surface area contributed by atoms with E-state index in [1.165, 1.54) is 11.8 Å². The molecule has 0 N–H and O–H groups in total. The van der Waals surface area contributed by atoms with Crippen LogP contribution in [-0.4, -0.2) is 17.1 Å². The average molecular weight is 293 g/mol. The number of thiazole rings is 1. The fourth-order valence-electron chi connectivity index (χ4n) is 1.95. The third-order valence-corrected chi connectivity index (χ3v) is 4.10. The summed E-state index contributed by atoms with van der Waals surface area (Å²) in [5.41, 5.74) is 2.25. The van der Waals surface area contributed by atoms with E-state index in [9.17, 15) is 4.79 Å². The Bertz CT molecular complexity index is 629. The molecule has 0 saturated carbocycles. The molecule has 0 aliphatic heterocycles. The van der Waals surface area contributed by atoms with Crippen LogP contribution < -0.4 is 0 Å². The van der Waals surface area contributed by atoms with E-state index in [4.69, 9.17) is 17.0 Å². The predicted octanol–water partition coefficient (Wildman–Crippen LogP) is 3.82. The van der Waals surface area contributed by atoms with E-state index in [2.05, 4.69) is 19.1 Å². The summed E-state index contributed by atoms with van der Waals surface area (Å²) in [4.78, 5) is 12.0. The summed E-state index contributed by atoms with van der Waals surface area (Å²) in [6.45, 7) is 4.41. The van der Waals surface area contributed by atoms with Crippen LogP contribution in [0.5, 0.6) is 0 Å². The number of esters is 1. The lowest BCUT2D eigenvalue weighted by Crippen LogP contribution is -2.10. The summed E-state index contributed by atoms with van der Waals surface area (Å²) in [5.74, 6) is -0.264. The number of carbonyl (C=O) groups is 1. The van der Waals surface area contributed by atoms with Crippen molar-refractivity contribution < 1.29 is 9.53 Å². The molecule has 0 spiro atoms. The SMILES string of the molecule is CC(=O)OCCn1c(-c2ccccc2)c(C)sc1=S. The Morgan fingerprint density at radius 2 is 2.05 bits per heavy atom. The lowest BCUT2D eigenvalue weighted by atomic mass is 10.1. The number of ether oxygens (including phenoxy) is 1. The summed E-state index contributed by atoms with van der Waals surface area (Å²) < 4.78 is 7.84. The van der Waals surface area contributed by atoms with Gasteiger partial charge in [-0.3, -0.25) is 4.79 Å². The molecule has 0 atom stereocenters. The molecule has 0 amide bonds. The first-order valence-corrected chi connectivity index (χ1v) is 7.21. The maximum atomic E-state index is 10.8. The molecule has 100 valence electrons. The molecule has 0 aliphatic rings. The van der Waals surface area contributed by atoms with Crippen molar-refractivity contribution in [1.29, 1.82) is 0 Å². The molecule has 3 nitrogen and oxygen atoms in total. The molecule has 0 bridgehead atoms. The van der Waals surface area contributed by atoms with Crippen LogP contribution in [0.2, 0.25) is 0 Å². The molecule has 0 fully saturated rings. The number of aromatic nitrogens is 1. The van der Waals surface area contributed by atoms with Gasteiger partial charge in [0.25, 0.3) is 0 Å². The highest BCUT2D eigenvalue weighted by molar-refractivity contribution is 7.73. The Morgan fingerprint density at radius 3 is 2.68 bits per heavy atom. The lowest BCUT2D eigenvalue weighted by molar-refractivity contribution is -0.141. The molecule has 0 radical (unpaired) electrons. The van der Waals surface area contributed by atoms with E-state index < -0.39 is 0 Å². The zero-order chi connectivity index (χ0) is 13.8. The van der Waals surface area contributed by atoms with Crippen molar-refractivity contribution in [2.24, 2.45) is 0 Å². The van der Waals surface area contributed by atoms with Crippen LogP contribution in [0.25, 0.3) is 11.3 Å². The van der Waals surface area contributed by atoms with Crippen molar-refractivity contribution in [3.8, 4) is 11.3 Å². The zero-order valence-electron chi connectivity index (χ0n) is 10.9. The average Bonchev–Trinajstić information content (AvgIpc) is 2.65. The van der Waals surface area contributed by atoms with Gasteiger partial charge in [0, 0.05) is 11.8 Å². The second kappa shape index (κ2) is 6.12.